The van der Waals surface area contributed by atoms with Crippen LogP contribution in [0.25, 0.3) is 0 Å². The lowest BCUT2D eigenvalue weighted by Gasteiger charge is -2.41. The molecule has 0 saturated carbocycles. The van der Waals surface area contributed by atoms with Crippen LogP contribution in [0.1, 0.15) is 29.5 Å². The summed E-state index contributed by atoms with van der Waals surface area (Å²) in [5, 5.41) is 2.86. The predicted molar refractivity (Wildman–Crippen MR) is 101 cm³/mol. The Labute approximate surface area is 154 Å². The molecule has 2 aromatic carbocycles. The zero-order chi connectivity index (χ0) is 18.6. The number of fused-ring (bicyclic) bond motifs is 2. The van der Waals surface area contributed by atoms with Crippen molar-refractivity contribution in [1.82, 2.24) is 5.32 Å². The van der Waals surface area contributed by atoms with Crippen LogP contribution in [-0.2, 0) is 14.8 Å². The monoisotopic (exact) mass is 370 g/mol. The second kappa shape index (κ2) is 5.84. The lowest BCUT2D eigenvalue weighted by atomic mass is 9.80. The summed E-state index contributed by atoms with van der Waals surface area (Å²) in [7, 11) is -3.79. The van der Waals surface area contributed by atoms with E-state index in [2.05, 4.69) is 5.32 Å². The fraction of sp³-hybridized carbons (Fsp3) is 0.350. The smallest absolute Gasteiger partial charge is 0.264 e. The van der Waals surface area contributed by atoms with Gasteiger partial charge in [0.1, 0.15) is 0 Å². The maximum atomic E-state index is 13.7. The van der Waals surface area contributed by atoms with Gasteiger partial charge in [0, 0.05) is 6.54 Å². The Morgan fingerprint density at radius 3 is 2.62 bits per heavy atom. The van der Waals surface area contributed by atoms with Gasteiger partial charge in [-0.3, -0.25) is 9.10 Å². The molecule has 5 nitrogen and oxygen atoms in total. The van der Waals surface area contributed by atoms with E-state index in [0.29, 0.717) is 22.7 Å². The first kappa shape index (κ1) is 17.1. The minimum atomic E-state index is -3.79. The van der Waals surface area contributed by atoms with Crippen LogP contribution in [0, 0.1) is 19.8 Å². The van der Waals surface area contributed by atoms with Crippen molar-refractivity contribution in [2.24, 2.45) is 5.92 Å². The first-order chi connectivity index (χ1) is 12.3. The van der Waals surface area contributed by atoms with Crippen molar-refractivity contribution < 1.29 is 13.2 Å². The van der Waals surface area contributed by atoms with Gasteiger partial charge in [0.15, 0.2) is 0 Å². The van der Waals surface area contributed by atoms with E-state index in [0.717, 1.165) is 11.1 Å². The van der Waals surface area contributed by atoms with Crippen LogP contribution < -0.4 is 9.62 Å². The normalized spacial score (nSPS) is 24.8. The Morgan fingerprint density at radius 2 is 1.85 bits per heavy atom. The fourth-order valence-electron chi connectivity index (χ4n) is 4.26. The van der Waals surface area contributed by atoms with Crippen LogP contribution in [0.4, 0.5) is 5.69 Å². The van der Waals surface area contributed by atoms with Gasteiger partial charge in [-0.25, -0.2) is 8.42 Å². The SMILES string of the molecule is Cc1ccc(C)c(S(=O)(=O)N2c3ccccc3[C@H](C)[C@@H]3C(=O)NC[C@@H]32)c1. The van der Waals surface area contributed by atoms with Crippen molar-refractivity contribution in [2.45, 2.75) is 37.6 Å². The van der Waals surface area contributed by atoms with Crippen LogP contribution in [-0.4, -0.2) is 26.9 Å². The third-order valence-electron chi connectivity index (χ3n) is 5.59. The lowest BCUT2D eigenvalue weighted by molar-refractivity contribution is -0.123. The molecule has 1 fully saturated rings. The molecule has 2 heterocycles. The Morgan fingerprint density at radius 1 is 1.12 bits per heavy atom. The number of benzene rings is 2. The second-order valence-electron chi connectivity index (χ2n) is 7.26. The number of para-hydroxylation sites is 1. The molecule has 2 aromatic rings. The van der Waals surface area contributed by atoms with Crippen molar-refractivity contribution in [3.05, 3.63) is 59.2 Å². The van der Waals surface area contributed by atoms with E-state index < -0.39 is 16.1 Å². The van der Waals surface area contributed by atoms with Crippen molar-refractivity contribution >= 4 is 21.6 Å². The van der Waals surface area contributed by atoms with Gasteiger partial charge in [0.25, 0.3) is 10.0 Å². The quantitative estimate of drug-likeness (QED) is 0.884. The number of sulfonamides is 1. The molecule has 2 aliphatic rings. The van der Waals surface area contributed by atoms with Crippen LogP contribution in [0.15, 0.2) is 47.4 Å². The number of aryl methyl sites for hydroxylation is 2. The molecule has 26 heavy (non-hydrogen) atoms. The van der Waals surface area contributed by atoms with Crippen molar-refractivity contribution in [1.29, 1.82) is 0 Å². The molecular weight excluding hydrogens is 348 g/mol. The van der Waals surface area contributed by atoms with E-state index in [1.807, 2.05) is 50.2 Å². The van der Waals surface area contributed by atoms with Gasteiger partial charge in [0.2, 0.25) is 5.91 Å². The number of anilines is 1. The summed E-state index contributed by atoms with van der Waals surface area (Å²) < 4.78 is 28.8. The highest BCUT2D eigenvalue weighted by molar-refractivity contribution is 7.93. The highest BCUT2D eigenvalue weighted by atomic mass is 32.2. The molecule has 136 valence electrons. The molecule has 0 aliphatic carbocycles. The molecular formula is C20H22N2O3S. The Balaban J connectivity index is 1.95. The summed E-state index contributed by atoms with van der Waals surface area (Å²) in [5.74, 6) is -0.466. The molecule has 1 N–H and O–H groups in total. The standard InChI is InChI=1S/C20H22N2O3S/c1-12-8-9-13(2)18(10-12)26(24,25)22-16-7-5-4-6-15(16)14(3)19-17(22)11-21-20(19)23/h4-10,14,17,19H,11H2,1-3H3,(H,21,23)/t14-,17-,19-/m0/s1. The largest absolute Gasteiger partial charge is 0.354 e. The fourth-order valence-corrected chi connectivity index (χ4v) is 6.27. The highest BCUT2D eigenvalue weighted by Gasteiger charge is 2.50. The number of rotatable bonds is 2. The van der Waals surface area contributed by atoms with Gasteiger partial charge in [-0.15, -0.1) is 0 Å². The molecule has 0 spiro atoms. The van der Waals surface area contributed by atoms with Crippen molar-refractivity contribution in [3.63, 3.8) is 0 Å². The summed E-state index contributed by atoms with van der Waals surface area (Å²) in [6.07, 6.45) is 0. The van der Waals surface area contributed by atoms with Gasteiger partial charge in [-0.1, -0.05) is 37.3 Å². The third-order valence-corrected chi connectivity index (χ3v) is 7.57. The maximum Gasteiger partial charge on any atom is 0.264 e. The number of carbonyl (C=O) groups is 1. The van der Waals surface area contributed by atoms with Gasteiger partial charge >= 0.3 is 0 Å². The van der Waals surface area contributed by atoms with Crippen LogP contribution in [0.2, 0.25) is 0 Å². The molecule has 6 heteroatoms. The zero-order valence-corrected chi connectivity index (χ0v) is 15.9. The first-order valence-electron chi connectivity index (χ1n) is 8.80. The molecule has 3 atom stereocenters. The molecule has 2 aliphatic heterocycles. The van der Waals surface area contributed by atoms with E-state index >= 15 is 0 Å². The Kier molecular flexibility index (Phi) is 3.84. The topological polar surface area (TPSA) is 66.5 Å². The molecule has 0 radical (unpaired) electrons. The summed E-state index contributed by atoms with van der Waals surface area (Å²) in [6, 6.07) is 12.6. The molecule has 0 bridgehead atoms. The van der Waals surface area contributed by atoms with E-state index in [9.17, 15) is 13.2 Å². The number of amides is 1. The second-order valence-corrected chi connectivity index (χ2v) is 9.04. The van der Waals surface area contributed by atoms with Crippen LogP contribution in [0.5, 0.6) is 0 Å². The summed E-state index contributed by atoms with van der Waals surface area (Å²) in [5.41, 5.74) is 3.18. The van der Waals surface area contributed by atoms with Gasteiger partial charge in [-0.05, 0) is 48.6 Å². The lowest BCUT2D eigenvalue weighted by Crippen LogP contribution is -2.50. The summed E-state index contributed by atoms with van der Waals surface area (Å²) >= 11 is 0. The predicted octanol–water partition coefficient (Wildman–Crippen LogP) is 2.73. The van der Waals surface area contributed by atoms with E-state index in [4.69, 9.17) is 0 Å². The zero-order valence-electron chi connectivity index (χ0n) is 15.1. The number of hydrogen-bond acceptors (Lipinski definition) is 3. The van der Waals surface area contributed by atoms with Crippen LogP contribution >= 0.6 is 0 Å². The van der Waals surface area contributed by atoms with Gasteiger partial charge in [0.05, 0.1) is 22.5 Å². The minimum Gasteiger partial charge on any atom is -0.354 e. The maximum absolute atomic E-state index is 13.7. The number of nitrogens with zero attached hydrogens (tertiary/aromatic N) is 1. The highest BCUT2D eigenvalue weighted by Crippen LogP contribution is 2.46. The molecule has 0 aromatic heterocycles. The number of hydrogen-bond donors (Lipinski definition) is 1. The summed E-state index contributed by atoms with van der Waals surface area (Å²) in [6.45, 7) is 6.03. The van der Waals surface area contributed by atoms with Crippen LogP contribution in [0.3, 0.4) is 0 Å². The average molecular weight is 370 g/mol. The van der Waals surface area contributed by atoms with Crippen molar-refractivity contribution in [3.8, 4) is 0 Å². The number of nitrogens with one attached hydrogen (secondary N) is 1. The average Bonchev–Trinajstić information content (AvgIpc) is 2.99. The Bertz CT molecular complexity index is 1000. The molecule has 1 amide bonds. The molecule has 0 unspecified atom stereocenters. The first-order valence-corrected chi connectivity index (χ1v) is 10.2. The van der Waals surface area contributed by atoms with Crippen molar-refractivity contribution in [2.75, 3.05) is 10.8 Å². The molecule has 4 rings (SSSR count). The Hall–Kier alpha value is -2.34. The summed E-state index contributed by atoms with van der Waals surface area (Å²) in [4.78, 5) is 12.7. The van der Waals surface area contributed by atoms with Gasteiger partial charge in [-0.2, -0.15) is 0 Å². The van der Waals surface area contributed by atoms with E-state index in [-0.39, 0.29) is 17.7 Å². The van der Waals surface area contributed by atoms with E-state index in [1.165, 1.54) is 4.31 Å². The van der Waals surface area contributed by atoms with Gasteiger partial charge < -0.3 is 5.32 Å². The molecule has 1 saturated heterocycles. The van der Waals surface area contributed by atoms with E-state index in [1.54, 1.807) is 13.0 Å². The minimum absolute atomic E-state index is 0.0243. The third kappa shape index (κ3) is 2.35. The number of carbonyl (C=O) groups excluding carboxylic acids is 1.